The normalized spacial score (nSPS) is 10.6. The van der Waals surface area contributed by atoms with Crippen LogP contribution in [-0.4, -0.2) is 23.2 Å². The number of benzene rings is 2. The molecule has 0 atom stereocenters. The van der Waals surface area contributed by atoms with Crippen molar-refractivity contribution >= 4 is 22.7 Å². The molecule has 0 unspecified atom stereocenters. The number of carboxylic acids is 1. The number of methoxy groups -OCH3 is 1. The summed E-state index contributed by atoms with van der Waals surface area (Å²) in [7, 11) is 1.54. The summed E-state index contributed by atoms with van der Waals surface area (Å²) in [6.45, 7) is 0. The first-order valence-electron chi connectivity index (χ1n) is 6.67. The quantitative estimate of drug-likeness (QED) is 0.774. The minimum Gasteiger partial charge on any atom is -0.494 e. The van der Waals surface area contributed by atoms with Crippen LogP contribution in [0.4, 0.5) is 5.82 Å². The van der Waals surface area contributed by atoms with Crippen LogP contribution in [0.25, 0.3) is 22.0 Å². The largest absolute Gasteiger partial charge is 0.494 e. The van der Waals surface area contributed by atoms with Gasteiger partial charge >= 0.3 is 5.97 Å². The highest BCUT2D eigenvalue weighted by molar-refractivity contribution is 6.04. The van der Waals surface area contributed by atoms with Crippen molar-refractivity contribution in [1.29, 1.82) is 0 Å². The second-order valence-electron chi connectivity index (χ2n) is 4.80. The lowest BCUT2D eigenvalue weighted by atomic mass is 9.99. The fraction of sp³-hybridized carbons (Fsp3) is 0.0588. The van der Waals surface area contributed by atoms with Crippen molar-refractivity contribution in [2.75, 3.05) is 12.8 Å². The SMILES string of the molecule is COc1ccc(-c2ccccc2)c2cc(C(=O)O)c(N)nc12. The third-order valence-electron chi connectivity index (χ3n) is 3.51. The molecular formula is C17H14N2O3. The minimum atomic E-state index is -1.10. The molecule has 0 aliphatic rings. The number of fused-ring (bicyclic) bond motifs is 1. The highest BCUT2D eigenvalue weighted by Gasteiger charge is 2.16. The molecule has 1 heterocycles. The third-order valence-corrected chi connectivity index (χ3v) is 3.51. The van der Waals surface area contributed by atoms with Crippen molar-refractivity contribution in [3.8, 4) is 16.9 Å². The molecule has 110 valence electrons. The van der Waals surface area contributed by atoms with Crippen molar-refractivity contribution in [2.24, 2.45) is 0 Å². The summed E-state index contributed by atoms with van der Waals surface area (Å²) in [4.78, 5) is 15.5. The van der Waals surface area contributed by atoms with Gasteiger partial charge < -0.3 is 15.6 Å². The first-order chi connectivity index (χ1) is 10.6. The monoisotopic (exact) mass is 294 g/mol. The molecule has 0 saturated carbocycles. The molecule has 0 radical (unpaired) electrons. The van der Waals surface area contributed by atoms with E-state index in [1.807, 2.05) is 36.4 Å². The lowest BCUT2D eigenvalue weighted by Crippen LogP contribution is -2.05. The van der Waals surface area contributed by atoms with Gasteiger partial charge in [0.1, 0.15) is 22.6 Å². The Morgan fingerprint density at radius 1 is 1.18 bits per heavy atom. The number of hydrogen-bond acceptors (Lipinski definition) is 4. The molecule has 0 aliphatic carbocycles. The third kappa shape index (κ3) is 2.22. The number of ether oxygens (including phenoxy) is 1. The molecule has 2 aromatic carbocycles. The molecule has 3 N–H and O–H groups in total. The van der Waals surface area contributed by atoms with E-state index in [-0.39, 0.29) is 11.4 Å². The number of hydrogen-bond donors (Lipinski definition) is 2. The summed E-state index contributed by atoms with van der Waals surface area (Å²) < 4.78 is 5.31. The van der Waals surface area contributed by atoms with Crippen LogP contribution in [0, 0.1) is 0 Å². The maximum atomic E-state index is 11.3. The molecule has 0 saturated heterocycles. The van der Waals surface area contributed by atoms with Crippen molar-refractivity contribution in [3.05, 3.63) is 54.1 Å². The molecule has 0 bridgehead atoms. The fourth-order valence-electron chi connectivity index (χ4n) is 2.45. The Balaban J connectivity index is 2.39. The molecule has 3 aromatic rings. The Hall–Kier alpha value is -3.08. The number of nitrogens with two attached hydrogens (primary N) is 1. The number of pyridine rings is 1. The second-order valence-corrected chi connectivity index (χ2v) is 4.80. The van der Waals surface area contributed by atoms with E-state index in [0.717, 1.165) is 11.1 Å². The van der Waals surface area contributed by atoms with E-state index in [0.29, 0.717) is 16.7 Å². The highest BCUT2D eigenvalue weighted by Crippen LogP contribution is 2.35. The zero-order valence-corrected chi connectivity index (χ0v) is 11.9. The Labute approximate surface area is 127 Å². The molecule has 0 fully saturated rings. The predicted molar refractivity (Wildman–Crippen MR) is 85.1 cm³/mol. The van der Waals surface area contributed by atoms with Crippen LogP contribution in [-0.2, 0) is 0 Å². The molecule has 0 aliphatic heterocycles. The van der Waals surface area contributed by atoms with Gasteiger partial charge in [0.15, 0.2) is 0 Å². The topological polar surface area (TPSA) is 85.4 Å². The van der Waals surface area contributed by atoms with Gasteiger partial charge in [-0.05, 0) is 29.3 Å². The van der Waals surface area contributed by atoms with Crippen LogP contribution in [0.3, 0.4) is 0 Å². The molecule has 0 amide bonds. The second kappa shape index (κ2) is 5.37. The Morgan fingerprint density at radius 2 is 1.91 bits per heavy atom. The van der Waals surface area contributed by atoms with Crippen LogP contribution in [0.2, 0.25) is 0 Å². The van der Waals surface area contributed by atoms with E-state index in [1.54, 1.807) is 19.2 Å². The molecular weight excluding hydrogens is 280 g/mol. The van der Waals surface area contributed by atoms with Crippen molar-refractivity contribution < 1.29 is 14.6 Å². The molecule has 1 aromatic heterocycles. The van der Waals surface area contributed by atoms with Gasteiger partial charge in [0, 0.05) is 5.39 Å². The maximum absolute atomic E-state index is 11.3. The van der Waals surface area contributed by atoms with Gasteiger partial charge in [-0.15, -0.1) is 0 Å². The van der Waals surface area contributed by atoms with E-state index >= 15 is 0 Å². The van der Waals surface area contributed by atoms with Gasteiger partial charge in [0.2, 0.25) is 0 Å². The summed E-state index contributed by atoms with van der Waals surface area (Å²) in [5.41, 5.74) is 8.14. The number of aromatic carboxylic acids is 1. The van der Waals surface area contributed by atoms with Gasteiger partial charge in [-0.25, -0.2) is 9.78 Å². The highest BCUT2D eigenvalue weighted by atomic mass is 16.5. The summed E-state index contributed by atoms with van der Waals surface area (Å²) in [6, 6.07) is 14.9. The fourth-order valence-corrected chi connectivity index (χ4v) is 2.45. The smallest absolute Gasteiger partial charge is 0.339 e. The van der Waals surface area contributed by atoms with E-state index < -0.39 is 5.97 Å². The van der Waals surface area contributed by atoms with Crippen LogP contribution in [0.15, 0.2) is 48.5 Å². The zero-order valence-electron chi connectivity index (χ0n) is 11.9. The molecule has 0 spiro atoms. The minimum absolute atomic E-state index is 0.0158. The Kier molecular flexibility index (Phi) is 3.39. The molecule has 5 nitrogen and oxygen atoms in total. The summed E-state index contributed by atoms with van der Waals surface area (Å²) in [5.74, 6) is -0.574. The molecule has 3 rings (SSSR count). The number of carbonyl (C=O) groups is 1. The van der Waals surface area contributed by atoms with E-state index in [9.17, 15) is 9.90 Å². The van der Waals surface area contributed by atoms with Crippen LogP contribution in [0.1, 0.15) is 10.4 Å². The summed E-state index contributed by atoms with van der Waals surface area (Å²) in [6.07, 6.45) is 0. The number of carboxylic acid groups (broad SMARTS) is 1. The molecule has 5 heteroatoms. The summed E-state index contributed by atoms with van der Waals surface area (Å²) in [5, 5.41) is 9.95. The van der Waals surface area contributed by atoms with Gasteiger partial charge in [-0.1, -0.05) is 30.3 Å². The van der Waals surface area contributed by atoms with Gasteiger partial charge in [0.05, 0.1) is 7.11 Å². The van der Waals surface area contributed by atoms with E-state index in [1.165, 1.54) is 0 Å². The zero-order chi connectivity index (χ0) is 15.7. The van der Waals surface area contributed by atoms with Gasteiger partial charge in [-0.2, -0.15) is 0 Å². The number of nitrogen functional groups attached to an aromatic ring is 1. The first-order valence-corrected chi connectivity index (χ1v) is 6.67. The Morgan fingerprint density at radius 3 is 2.55 bits per heavy atom. The number of nitrogens with zero attached hydrogens (tertiary/aromatic N) is 1. The average Bonchev–Trinajstić information content (AvgIpc) is 2.53. The van der Waals surface area contributed by atoms with Gasteiger partial charge in [-0.3, -0.25) is 0 Å². The lowest BCUT2D eigenvalue weighted by molar-refractivity contribution is 0.0698. The van der Waals surface area contributed by atoms with Crippen LogP contribution in [0.5, 0.6) is 5.75 Å². The van der Waals surface area contributed by atoms with Gasteiger partial charge in [0.25, 0.3) is 0 Å². The van der Waals surface area contributed by atoms with E-state index in [2.05, 4.69) is 4.98 Å². The van der Waals surface area contributed by atoms with E-state index in [4.69, 9.17) is 10.5 Å². The van der Waals surface area contributed by atoms with Crippen molar-refractivity contribution in [1.82, 2.24) is 4.98 Å². The Bertz CT molecular complexity index is 861. The lowest BCUT2D eigenvalue weighted by Gasteiger charge is -2.12. The van der Waals surface area contributed by atoms with Crippen LogP contribution < -0.4 is 10.5 Å². The summed E-state index contributed by atoms with van der Waals surface area (Å²) >= 11 is 0. The van der Waals surface area contributed by atoms with Crippen molar-refractivity contribution in [3.63, 3.8) is 0 Å². The standard InChI is InChI=1S/C17H14N2O3/c1-22-14-8-7-11(10-5-3-2-4-6-10)12-9-13(17(20)21)16(18)19-15(12)14/h2-9H,1H3,(H2,18,19)(H,20,21). The predicted octanol–water partition coefficient (Wildman–Crippen LogP) is 3.19. The van der Waals surface area contributed by atoms with Crippen LogP contribution >= 0.6 is 0 Å². The number of anilines is 1. The average molecular weight is 294 g/mol. The number of aromatic nitrogens is 1. The molecule has 22 heavy (non-hydrogen) atoms. The first kappa shape index (κ1) is 13.9. The number of rotatable bonds is 3. The maximum Gasteiger partial charge on any atom is 0.339 e. The van der Waals surface area contributed by atoms with Crippen molar-refractivity contribution in [2.45, 2.75) is 0 Å².